The Bertz CT molecular complexity index is 631. The van der Waals surface area contributed by atoms with Crippen molar-refractivity contribution in [2.24, 2.45) is 4.99 Å². The summed E-state index contributed by atoms with van der Waals surface area (Å²) < 4.78 is 5.54. The number of piperazine rings is 3. The first kappa shape index (κ1) is 22.2. The molecule has 2 N–H and O–H groups in total. The van der Waals surface area contributed by atoms with Crippen LogP contribution >= 0.6 is 24.0 Å². The predicted octanol–water partition coefficient (Wildman–Crippen LogP) is 2.24. The number of aryl methyl sites for hydroxylation is 1. The van der Waals surface area contributed by atoms with Crippen molar-refractivity contribution >= 4 is 29.9 Å². The molecule has 3 heterocycles. The summed E-state index contributed by atoms with van der Waals surface area (Å²) in [6.45, 7) is 14.0. The number of ether oxygens (including phenoxy) is 1. The highest BCUT2D eigenvalue weighted by atomic mass is 127. The smallest absolute Gasteiger partial charge is 0.191 e. The van der Waals surface area contributed by atoms with Gasteiger partial charge in [-0.3, -0.25) is 14.8 Å². The van der Waals surface area contributed by atoms with Gasteiger partial charge in [0.25, 0.3) is 0 Å². The Morgan fingerprint density at radius 2 is 2.04 bits per heavy atom. The highest BCUT2D eigenvalue weighted by molar-refractivity contribution is 14.0. The van der Waals surface area contributed by atoms with Crippen molar-refractivity contribution < 1.29 is 4.74 Å². The molecule has 0 saturated carbocycles. The van der Waals surface area contributed by atoms with Crippen molar-refractivity contribution in [1.29, 1.82) is 0 Å². The van der Waals surface area contributed by atoms with E-state index in [9.17, 15) is 0 Å². The molecule has 0 amide bonds. The molecule has 2 unspecified atom stereocenters. The molecule has 0 spiro atoms. The lowest BCUT2D eigenvalue weighted by atomic mass is 10.0. The molecule has 0 aromatic heterocycles. The van der Waals surface area contributed by atoms with E-state index >= 15 is 0 Å². The maximum absolute atomic E-state index is 5.54. The number of aliphatic imine (C=N–C) groups is 1. The summed E-state index contributed by atoms with van der Waals surface area (Å²) in [6, 6.07) is 6.95. The molecule has 3 fully saturated rings. The van der Waals surface area contributed by atoms with Crippen LogP contribution in [0.3, 0.4) is 0 Å². The normalized spacial score (nSPS) is 25.5. The largest absolute Gasteiger partial charge is 0.496 e. The van der Waals surface area contributed by atoms with Crippen LogP contribution in [0, 0.1) is 6.92 Å². The van der Waals surface area contributed by atoms with Crippen molar-refractivity contribution in [3.05, 3.63) is 29.3 Å². The molecular weight excluding hydrogens is 453 g/mol. The molecule has 2 bridgehead atoms. The minimum absolute atomic E-state index is 0. The second kappa shape index (κ2) is 10.5. The fraction of sp³-hybridized carbons (Fsp3) is 0.650. The van der Waals surface area contributed by atoms with Crippen molar-refractivity contribution in [2.45, 2.75) is 32.9 Å². The topological polar surface area (TPSA) is 52.1 Å². The van der Waals surface area contributed by atoms with E-state index in [0.29, 0.717) is 6.04 Å². The quantitative estimate of drug-likeness (QED) is 0.366. The molecule has 152 valence electrons. The molecule has 27 heavy (non-hydrogen) atoms. The molecular formula is C20H34IN5O. The first-order valence-corrected chi connectivity index (χ1v) is 9.76. The molecule has 2 atom stereocenters. The summed E-state index contributed by atoms with van der Waals surface area (Å²) in [6.07, 6.45) is 0. The molecule has 0 aliphatic carbocycles. The van der Waals surface area contributed by atoms with Gasteiger partial charge in [0, 0.05) is 50.9 Å². The Kier molecular flexibility index (Phi) is 8.62. The fourth-order valence-corrected chi connectivity index (χ4v) is 3.89. The van der Waals surface area contributed by atoms with Crippen molar-refractivity contribution in [2.75, 3.05) is 52.9 Å². The van der Waals surface area contributed by atoms with Gasteiger partial charge in [-0.2, -0.15) is 0 Å². The zero-order chi connectivity index (χ0) is 18.5. The summed E-state index contributed by atoms with van der Waals surface area (Å²) in [5, 5.41) is 6.93. The lowest BCUT2D eigenvalue weighted by Crippen LogP contribution is -2.62. The van der Waals surface area contributed by atoms with Gasteiger partial charge in [-0.25, -0.2) is 0 Å². The molecule has 3 aliphatic rings. The summed E-state index contributed by atoms with van der Waals surface area (Å²) in [4.78, 5) is 10.0. The van der Waals surface area contributed by atoms with Gasteiger partial charge in [-0.1, -0.05) is 17.7 Å². The Morgan fingerprint density at radius 3 is 2.63 bits per heavy atom. The molecule has 4 rings (SSSR count). The Labute approximate surface area is 180 Å². The number of benzene rings is 1. The van der Waals surface area contributed by atoms with Crippen LogP contribution in [0.25, 0.3) is 0 Å². The first-order chi connectivity index (χ1) is 12.6. The third-order valence-electron chi connectivity index (χ3n) is 5.40. The molecule has 7 heteroatoms. The molecule has 1 aromatic carbocycles. The zero-order valence-electron chi connectivity index (χ0n) is 17.0. The van der Waals surface area contributed by atoms with E-state index in [-0.39, 0.29) is 30.0 Å². The van der Waals surface area contributed by atoms with Gasteiger partial charge >= 0.3 is 0 Å². The fourth-order valence-electron chi connectivity index (χ4n) is 3.89. The standard InChI is InChI=1S/C20H33N5O.HI/c1-5-21-20(22-13-17-14-24-8-10-25(17)11-9-24)23-16(3)18-12-15(2)6-7-19(18)26-4;/h6-7,12,16-17H,5,8-11,13-14H2,1-4H3,(H2,21,22,23);1H. The monoisotopic (exact) mass is 487 g/mol. The van der Waals surface area contributed by atoms with Crippen LogP contribution in [0.5, 0.6) is 5.75 Å². The van der Waals surface area contributed by atoms with Gasteiger partial charge in [0.15, 0.2) is 5.96 Å². The zero-order valence-corrected chi connectivity index (χ0v) is 19.3. The van der Waals surface area contributed by atoms with Gasteiger partial charge in [-0.05, 0) is 26.8 Å². The van der Waals surface area contributed by atoms with Crippen LogP contribution in [0.2, 0.25) is 0 Å². The predicted molar refractivity (Wildman–Crippen MR) is 122 cm³/mol. The number of rotatable bonds is 6. The lowest BCUT2D eigenvalue weighted by molar-refractivity contribution is 0.0174. The molecule has 1 aromatic rings. The Balaban J connectivity index is 0.00000261. The van der Waals surface area contributed by atoms with E-state index in [2.05, 4.69) is 53.3 Å². The summed E-state index contributed by atoms with van der Waals surface area (Å²) >= 11 is 0. The number of fused-ring (bicyclic) bond motifs is 3. The highest BCUT2D eigenvalue weighted by Crippen LogP contribution is 2.26. The van der Waals surface area contributed by atoms with Crippen LogP contribution in [0.1, 0.15) is 31.0 Å². The van der Waals surface area contributed by atoms with Crippen LogP contribution in [-0.2, 0) is 0 Å². The van der Waals surface area contributed by atoms with E-state index in [1.807, 2.05) is 6.07 Å². The second-order valence-corrected chi connectivity index (χ2v) is 7.32. The minimum atomic E-state index is 0. The second-order valence-electron chi connectivity index (χ2n) is 7.32. The van der Waals surface area contributed by atoms with Crippen LogP contribution in [0.15, 0.2) is 23.2 Å². The number of methoxy groups -OCH3 is 1. The summed E-state index contributed by atoms with van der Waals surface area (Å²) in [7, 11) is 1.72. The van der Waals surface area contributed by atoms with Gasteiger partial charge in [0.2, 0.25) is 0 Å². The number of nitrogens with one attached hydrogen (secondary N) is 2. The van der Waals surface area contributed by atoms with E-state index in [1.54, 1.807) is 7.11 Å². The number of nitrogens with zero attached hydrogens (tertiary/aromatic N) is 3. The van der Waals surface area contributed by atoms with Gasteiger partial charge in [0.05, 0.1) is 19.7 Å². The first-order valence-electron chi connectivity index (χ1n) is 9.76. The Hall–Kier alpha value is -1.06. The van der Waals surface area contributed by atoms with Gasteiger partial charge in [0.1, 0.15) is 5.75 Å². The van der Waals surface area contributed by atoms with Gasteiger partial charge in [-0.15, -0.1) is 24.0 Å². The third-order valence-corrected chi connectivity index (χ3v) is 5.40. The average molecular weight is 487 g/mol. The van der Waals surface area contributed by atoms with E-state index in [1.165, 1.54) is 31.7 Å². The van der Waals surface area contributed by atoms with Crippen molar-refractivity contribution in [1.82, 2.24) is 20.4 Å². The van der Waals surface area contributed by atoms with Crippen LogP contribution in [0.4, 0.5) is 0 Å². The van der Waals surface area contributed by atoms with Crippen LogP contribution < -0.4 is 15.4 Å². The summed E-state index contributed by atoms with van der Waals surface area (Å²) in [5.74, 6) is 1.79. The van der Waals surface area contributed by atoms with E-state index < -0.39 is 0 Å². The van der Waals surface area contributed by atoms with Gasteiger partial charge < -0.3 is 15.4 Å². The van der Waals surface area contributed by atoms with Crippen molar-refractivity contribution in [3.63, 3.8) is 0 Å². The van der Waals surface area contributed by atoms with E-state index in [4.69, 9.17) is 9.73 Å². The lowest BCUT2D eigenvalue weighted by Gasteiger charge is -2.47. The molecule has 6 nitrogen and oxygen atoms in total. The van der Waals surface area contributed by atoms with E-state index in [0.717, 1.165) is 36.9 Å². The third kappa shape index (κ3) is 5.71. The summed E-state index contributed by atoms with van der Waals surface area (Å²) in [5.41, 5.74) is 2.39. The number of hydrogen-bond donors (Lipinski definition) is 2. The molecule has 0 radical (unpaired) electrons. The SMILES string of the molecule is CCNC(=NCC1CN2CCN1CC2)NC(C)c1cc(C)ccc1OC.I. The maximum atomic E-state index is 5.54. The maximum Gasteiger partial charge on any atom is 0.191 e. The average Bonchev–Trinajstić information content (AvgIpc) is 2.67. The molecule has 3 saturated heterocycles. The molecule has 3 aliphatic heterocycles. The Morgan fingerprint density at radius 1 is 1.30 bits per heavy atom. The number of hydrogen-bond acceptors (Lipinski definition) is 4. The van der Waals surface area contributed by atoms with Crippen molar-refractivity contribution in [3.8, 4) is 5.75 Å². The van der Waals surface area contributed by atoms with Crippen LogP contribution in [-0.4, -0.2) is 74.7 Å². The number of halogens is 1. The highest BCUT2D eigenvalue weighted by Gasteiger charge is 2.31. The number of guanidine groups is 1. The minimum Gasteiger partial charge on any atom is -0.496 e.